The second-order valence-corrected chi connectivity index (χ2v) is 6.78. The maximum absolute atomic E-state index is 4.89. The molecule has 140 valence electrons. The van der Waals surface area contributed by atoms with Crippen LogP contribution in [-0.2, 0) is 0 Å². The van der Waals surface area contributed by atoms with Gasteiger partial charge in [0.15, 0.2) is 5.65 Å². The van der Waals surface area contributed by atoms with Crippen molar-refractivity contribution in [3.8, 4) is 5.69 Å². The summed E-state index contributed by atoms with van der Waals surface area (Å²) in [5, 5.41) is 10.6. The molecule has 0 aliphatic rings. The van der Waals surface area contributed by atoms with Crippen molar-refractivity contribution in [3.63, 3.8) is 0 Å². The summed E-state index contributed by atoms with van der Waals surface area (Å²) in [5.41, 5.74) is 5.27. The van der Waals surface area contributed by atoms with Gasteiger partial charge in [-0.3, -0.25) is 0 Å². The number of aromatic nitrogens is 4. The van der Waals surface area contributed by atoms with E-state index in [1.165, 1.54) is 0 Å². The van der Waals surface area contributed by atoms with E-state index < -0.39 is 0 Å². The number of rotatable bonds is 3. The quantitative estimate of drug-likeness (QED) is 0.482. The van der Waals surface area contributed by atoms with Gasteiger partial charge in [0.1, 0.15) is 0 Å². The predicted molar refractivity (Wildman–Crippen MR) is 114 cm³/mol. The molecule has 0 radical (unpaired) electrons. The van der Waals surface area contributed by atoms with Crippen molar-refractivity contribution in [2.45, 2.75) is 6.92 Å². The molecule has 5 nitrogen and oxygen atoms in total. The average Bonchev–Trinajstić information content (AvgIpc) is 3.26. The molecule has 3 aromatic carbocycles. The highest BCUT2D eigenvalue weighted by atomic mass is 15.5. The summed E-state index contributed by atoms with van der Waals surface area (Å²) >= 11 is 0. The van der Waals surface area contributed by atoms with E-state index in [0.29, 0.717) is 5.62 Å². The summed E-state index contributed by atoms with van der Waals surface area (Å²) in [6.45, 7) is 2.00. The van der Waals surface area contributed by atoms with Gasteiger partial charge in [0.25, 0.3) is 5.62 Å². The Bertz CT molecular complexity index is 1380. The lowest BCUT2D eigenvalue weighted by molar-refractivity contribution is 0.769. The molecule has 5 heteroatoms. The van der Waals surface area contributed by atoms with Crippen molar-refractivity contribution in [1.82, 2.24) is 19.4 Å². The van der Waals surface area contributed by atoms with Crippen molar-refractivity contribution in [1.29, 1.82) is 0 Å². The molecule has 5 aromatic rings. The Labute approximate surface area is 167 Å². The van der Waals surface area contributed by atoms with E-state index in [9.17, 15) is 0 Å². The highest BCUT2D eigenvalue weighted by molar-refractivity contribution is 5.57. The fourth-order valence-electron chi connectivity index (χ4n) is 3.33. The van der Waals surface area contributed by atoms with Crippen LogP contribution < -0.4 is 10.8 Å². The predicted octanol–water partition coefficient (Wildman–Crippen LogP) is 3.61. The molecular weight excluding hydrogens is 358 g/mol. The molecule has 0 unspecified atom stereocenters. The number of aryl methyl sites for hydroxylation is 1. The number of benzene rings is 3. The summed E-state index contributed by atoms with van der Waals surface area (Å²) in [7, 11) is 0. The largest absolute Gasteiger partial charge is 0.254 e. The van der Waals surface area contributed by atoms with Gasteiger partial charge in [-0.2, -0.15) is 14.3 Å². The number of hydrogen-bond acceptors (Lipinski definition) is 3. The molecule has 0 fully saturated rings. The highest BCUT2D eigenvalue weighted by Crippen LogP contribution is 2.10. The van der Waals surface area contributed by atoms with Gasteiger partial charge in [-0.15, -0.1) is 5.10 Å². The first kappa shape index (κ1) is 17.1. The summed E-state index contributed by atoms with van der Waals surface area (Å²) < 4.78 is 3.67. The summed E-state index contributed by atoms with van der Waals surface area (Å²) in [5.74, 6) is 0. The van der Waals surface area contributed by atoms with E-state index in [1.54, 1.807) is 0 Å². The molecule has 2 aromatic heterocycles. The van der Waals surface area contributed by atoms with Crippen LogP contribution in [0, 0.1) is 6.92 Å². The van der Waals surface area contributed by atoms with Gasteiger partial charge in [0, 0.05) is 5.22 Å². The smallest absolute Gasteiger partial charge is 0.212 e. The molecule has 0 aliphatic carbocycles. The molecule has 2 heterocycles. The van der Waals surface area contributed by atoms with Gasteiger partial charge in [-0.25, -0.2) is 4.99 Å². The van der Waals surface area contributed by atoms with E-state index in [0.717, 1.165) is 33.5 Å². The topological polar surface area (TPSA) is 47.5 Å². The Hall–Kier alpha value is -3.99. The zero-order valence-electron chi connectivity index (χ0n) is 16.0. The van der Waals surface area contributed by atoms with E-state index in [1.807, 2.05) is 95.0 Å². The van der Waals surface area contributed by atoms with Crippen LogP contribution in [0.25, 0.3) is 17.4 Å². The summed E-state index contributed by atoms with van der Waals surface area (Å²) in [6.07, 6.45) is 2.12. The fraction of sp³-hybridized carbons (Fsp3) is 0.0417. The van der Waals surface area contributed by atoms with E-state index in [4.69, 9.17) is 15.2 Å². The van der Waals surface area contributed by atoms with Gasteiger partial charge in [-0.05, 0) is 42.8 Å². The van der Waals surface area contributed by atoms with Gasteiger partial charge >= 0.3 is 0 Å². The second-order valence-electron chi connectivity index (χ2n) is 6.78. The van der Waals surface area contributed by atoms with E-state index in [-0.39, 0.29) is 0 Å². The van der Waals surface area contributed by atoms with E-state index >= 15 is 0 Å². The zero-order chi connectivity index (χ0) is 19.6. The molecule has 0 aliphatic heterocycles. The van der Waals surface area contributed by atoms with Gasteiger partial charge in [0.05, 0.1) is 17.1 Å². The third kappa shape index (κ3) is 3.23. The molecule has 0 N–H and O–H groups in total. The van der Waals surface area contributed by atoms with Crippen molar-refractivity contribution in [2.75, 3.05) is 0 Å². The standard InChI is InChI=1S/C24H19N5/c1-18-22(17-19-11-5-2-6-12-19)23-27-28(21-15-9-4-10-16-21)24(29(23)26-18)25-20-13-7-3-8-14-20/h2-17H,1H3/b22-17-,25-24?. The van der Waals surface area contributed by atoms with Gasteiger partial charge in [-0.1, -0.05) is 66.7 Å². The first-order valence-corrected chi connectivity index (χ1v) is 9.50. The SMILES string of the molecule is Cc1nn2c(=Nc3ccccc3)n(-c3ccccc3)nc2/c1=C\c1ccccc1. The Kier molecular flexibility index (Phi) is 4.26. The lowest BCUT2D eigenvalue weighted by Gasteiger charge is -2.00. The van der Waals surface area contributed by atoms with Crippen molar-refractivity contribution >= 4 is 17.4 Å². The normalized spacial score (nSPS) is 12.7. The third-order valence-electron chi connectivity index (χ3n) is 4.75. The molecular formula is C24H19N5. The zero-order valence-corrected chi connectivity index (χ0v) is 16.0. The first-order chi connectivity index (χ1) is 14.3. The molecule has 0 saturated carbocycles. The number of nitrogens with zero attached hydrogens (tertiary/aromatic N) is 5. The summed E-state index contributed by atoms with van der Waals surface area (Å²) in [4.78, 5) is 4.85. The molecule has 0 atom stereocenters. The second kappa shape index (κ2) is 7.20. The van der Waals surface area contributed by atoms with Crippen LogP contribution >= 0.6 is 0 Å². The average molecular weight is 377 g/mol. The van der Waals surface area contributed by atoms with Crippen LogP contribution in [-0.4, -0.2) is 19.4 Å². The van der Waals surface area contributed by atoms with Crippen LogP contribution in [0.4, 0.5) is 5.69 Å². The van der Waals surface area contributed by atoms with Crippen molar-refractivity contribution in [2.24, 2.45) is 4.99 Å². The van der Waals surface area contributed by atoms with Crippen molar-refractivity contribution < 1.29 is 0 Å². The van der Waals surface area contributed by atoms with Gasteiger partial charge in [0.2, 0.25) is 0 Å². The van der Waals surface area contributed by atoms with Crippen LogP contribution in [0.15, 0.2) is 96.0 Å². The van der Waals surface area contributed by atoms with Crippen LogP contribution in [0.5, 0.6) is 0 Å². The molecule has 0 amide bonds. The third-order valence-corrected chi connectivity index (χ3v) is 4.75. The molecule has 0 spiro atoms. The Morgan fingerprint density at radius 3 is 2.07 bits per heavy atom. The first-order valence-electron chi connectivity index (χ1n) is 9.50. The number of para-hydroxylation sites is 2. The van der Waals surface area contributed by atoms with Crippen molar-refractivity contribution in [3.05, 3.63) is 113 Å². The Morgan fingerprint density at radius 1 is 0.759 bits per heavy atom. The Balaban J connectivity index is 1.84. The minimum absolute atomic E-state index is 0.660. The maximum Gasteiger partial charge on any atom is 0.254 e. The maximum atomic E-state index is 4.89. The lowest BCUT2D eigenvalue weighted by atomic mass is 10.2. The monoisotopic (exact) mass is 377 g/mol. The van der Waals surface area contributed by atoms with Crippen LogP contribution in [0.2, 0.25) is 0 Å². The minimum atomic E-state index is 0.660. The van der Waals surface area contributed by atoms with Crippen LogP contribution in [0.1, 0.15) is 11.3 Å². The Morgan fingerprint density at radius 2 is 1.38 bits per heavy atom. The number of hydrogen-bond donors (Lipinski definition) is 0. The molecule has 29 heavy (non-hydrogen) atoms. The minimum Gasteiger partial charge on any atom is -0.212 e. The fourth-order valence-corrected chi connectivity index (χ4v) is 3.33. The highest BCUT2D eigenvalue weighted by Gasteiger charge is 2.13. The lowest BCUT2D eigenvalue weighted by Crippen LogP contribution is -2.22. The molecule has 0 bridgehead atoms. The van der Waals surface area contributed by atoms with Gasteiger partial charge < -0.3 is 0 Å². The van der Waals surface area contributed by atoms with E-state index in [2.05, 4.69) is 18.2 Å². The van der Waals surface area contributed by atoms with Crippen LogP contribution in [0.3, 0.4) is 0 Å². The number of fused-ring (bicyclic) bond motifs is 1. The molecule has 0 saturated heterocycles. The molecule has 5 rings (SSSR count). The summed E-state index contributed by atoms with van der Waals surface area (Å²) in [6, 6.07) is 30.1.